The maximum atomic E-state index is 10.5. The van der Waals surface area contributed by atoms with Gasteiger partial charge in [0, 0.05) is 13.0 Å². The van der Waals surface area contributed by atoms with Gasteiger partial charge in [0.25, 0.3) is 0 Å². The van der Waals surface area contributed by atoms with E-state index in [1.165, 1.54) is 6.26 Å². The van der Waals surface area contributed by atoms with Crippen molar-refractivity contribution < 1.29 is 14.3 Å². The fourth-order valence-electron chi connectivity index (χ4n) is 1.97. The van der Waals surface area contributed by atoms with E-state index in [9.17, 15) is 4.79 Å². The highest BCUT2D eigenvalue weighted by Crippen LogP contribution is 2.23. The summed E-state index contributed by atoms with van der Waals surface area (Å²) in [5.41, 5.74) is 5.04. The van der Waals surface area contributed by atoms with E-state index in [1.807, 2.05) is 0 Å². The predicted molar refractivity (Wildman–Crippen MR) is 61.7 cm³/mol. The Morgan fingerprint density at radius 3 is 2.50 bits per heavy atom. The number of rotatable bonds is 7. The molecule has 1 saturated carbocycles. The third kappa shape index (κ3) is 5.16. The first-order valence-corrected chi connectivity index (χ1v) is 5.88. The van der Waals surface area contributed by atoms with Crippen molar-refractivity contribution in [2.75, 3.05) is 6.61 Å². The number of amides is 1. The molecule has 1 amide bonds. The van der Waals surface area contributed by atoms with Crippen molar-refractivity contribution in [1.82, 2.24) is 0 Å². The monoisotopic (exact) mass is 227 g/mol. The quantitative estimate of drug-likeness (QED) is 0.532. The number of carbonyl (C=O) groups excluding carboxylic acids is 1. The molecule has 0 unspecified atom stereocenters. The molecule has 0 radical (unpaired) electrons. The summed E-state index contributed by atoms with van der Waals surface area (Å²) in [6.07, 6.45) is 7.36. The summed E-state index contributed by atoms with van der Waals surface area (Å²) < 4.78 is 11.0. The van der Waals surface area contributed by atoms with Crippen LogP contribution < -0.4 is 5.73 Å². The predicted octanol–water partition coefficient (Wildman–Crippen LogP) is 1.74. The van der Waals surface area contributed by atoms with Gasteiger partial charge >= 0.3 is 0 Å². The minimum atomic E-state index is -0.258. The highest BCUT2D eigenvalue weighted by molar-refractivity contribution is 5.73. The van der Waals surface area contributed by atoms with Crippen molar-refractivity contribution in [2.24, 2.45) is 5.73 Å². The van der Waals surface area contributed by atoms with E-state index in [2.05, 4.69) is 6.58 Å². The van der Waals surface area contributed by atoms with Crippen LogP contribution in [-0.2, 0) is 14.3 Å². The molecule has 92 valence electrons. The average Bonchev–Trinajstić information content (AvgIpc) is 2.27. The van der Waals surface area contributed by atoms with Gasteiger partial charge in [-0.15, -0.1) is 0 Å². The number of hydrogen-bond acceptors (Lipinski definition) is 3. The molecule has 4 nitrogen and oxygen atoms in total. The Balaban J connectivity index is 2.03. The molecule has 0 heterocycles. The molecule has 16 heavy (non-hydrogen) atoms. The van der Waals surface area contributed by atoms with Crippen LogP contribution in [0.25, 0.3) is 0 Å². The molecule has 4 heteroatoms. The number of hydrogen-bond donors (Lipinski definition) is 1. The molecular weight excluding hydrogens is 206 g/mol. The van der Waals surface area contributed by atoms with E-state index in [0.29, 0.717) is 25.2 Å². The molecule has 2 N–H and O–H groups in total. The van der Waals surface area contributed by atoms with Gasteiger partial charge in [0.15, 0.2) is 0 Å². The Bertz CT molecular complexity index is 222. The Hall–Kier alpha value is -1.03. The molecular formula is C12H21NO3. The summed E-state index contributed by atoms with van der Waals surface area (Å²) >= 11 is 0. The number of primary amides is 1. The van der Waals surface area contributed by atoms with E-state index >= 15 is 0 Å². The zero-order chi connectivity index (χ0) is 11.8. The van der Waals surface area contributed by atoms with Crippen molar-refractivity contribution in [1.29, 1.82) is 0 Å². The van der Waals surface area contributed by atoms with Crippen LogP contribution in [0.3, 0.4) is 0 Å². The van der Waals surface area contributed by atoms with Gasteiger partial charge in [-0.25, -0.2) is 0 Å². The third-order valence-corrected chi connectivity index (χ3v) is 2.83. The fraction of sp³-hybridized carbons (Fsp3) is 0.750. The lowest BCUT2D eigenvalue weighted by Crippen LogP contribution is -2.26. The second-order valence-electron chi connectivity index (χ2n) is 4.14. The molecule has 1 rings (SSSR count). The van der Waals surface area contributed by atoms with Gasteiger partial charge in [-0.3, -0.25) is 4.79 Å². The van der Waals surface area contributed by atoms with Crippen molar-refractivity contribution in [3.05, 3.63) is 12.8 Å². The van der Waals surface area contributed by atoms with Gasteiger partial charge < -0.3 is 15.2 Å². The van der Waals surface area contributed by atoms with E-state index < -0.39 is 0 Å². The summed E-state index contributed by atoms with van der Waals surface area (Å²) in [6.45, 7) is 4.18. The molecule has 1 aliphatic rings. The standard InChI is InChI=1S/C12H21NO3/c1-2-15-10-5-7-11(8-6-10)16-9-3-4-12(13)14/h2,10-11H,1,3-9H2,(H2,13,14). The Kier molecular flexibility index (Phi) is 5.93. The molecule has 1 fully saturated rings. The summed E-state index contributed by atoms with van der Waals surface area (Å²) in [5.74, 6) is -0.258. The first-order valence-electron chi connectivity index (χ1n) is 5.88. The van der Waals surface area contributed by atoms with Crippen LogP contribution in [0.2, 0.25) is 0 Å². The van der Waals surface area contributed by atoms with E-state index in [4.69, 9.17) is 15.2 Å². The minimum Gasteiger partial charge on any atom is -0.499 e. The maximum absolute atomic E-state index is 10.5. The zero-order valence-corrected chi connectivity index (χ0v) is 9.69. The lowest BCUT2D eigenvalue weighted by atomic mass is 9.95. The second-order valence-corrected chi connectivity index (χ2v) is 4.14. The molecule has 0 bridgehead atoms. The highest BCUT2D eigenvalue weighted by Gasteiger charge is 2.21. The average molecular weight is 227 g/mol. The minimum absolute atomic E-state index is 0.258. The van der Waals surface area contributed by atoms with Gasteiger partial charge in [0.05, 0.1) is 18.5 Å². The van der Waals surface area contributed by atoms with Crippen LogP contribution in [0.15, 0.2) is 12.8 Å². The lowest BCUT2D eigenvalue weighted by Gasteiger charge is -2.27. The van der Waals surface area contributed by atoms with Crippen LogP contribution in [-0.4, -0.2) is 24.7 Å². The molecule has 0 spiro atoms. The molecule has 0 aliphatic heterocycles. The zero-order valence-electron chi connectivity index (χ0n) is 9.69. The smallest absolute Gasteiger partial charge is 0.217 e. The van der Waals surface area contributed by atoms with Crippen LogP contribution in [0.1, 0.15) is 38.5 Å². The molecule has 0 aromatic carbocycles. The van der Waals surface area contributed by atoms with Gasteiger partial charge in [0.1, 0.15) is 0 Å². The van der Waals surface area contributed by atoms with E-state index in [-0.39, 0.29) is 5.91 Å². The fourth-order valence-corrected chi connectivity index (χ4v) is 1.97. The van der Waals surface area contributed by atoms with Crippen molar-refractivity contribution in [3.63, 3.8) is 0 Å². The van der Waals surface area contributed by atoms with Gasteiger partial charge in [0.2, 0.25) is 5.91 Å². The first-order chi connectivity index (χ1) is 7.72. The van der Waals surface area contributed by atoms with Gasteiger partial charge in [-0.1, -0.05) is 6.58 Å². The SMILES string of the molecule is C=COC1CCC(OCCCC(N)=O)CC1. The topological polar surface area (TPSA) is 61.6 Å². The molecule has 0 saturated heterocycles. The summed E-state index contributed by atoms with van der Waals surface area (Å²) in [6, 6.07) is 0. The van der Waals surface area contributed by atoms with E-state index in [1.54, 1.807) is 0 Å². The summed E-state index contributed by atoms with van der Waals surface area (Å²) in [7, 11) is 0. The van der Waals surface area contributed by atoms with Crippen molar-refractivity contribution >= 4 is 5.91 Å². The molecule has 0 aromatic rings. The van der Waals surface area contributed by atoms with E-state index in [0.717, 1.165) is 32.1 Å². The summed E-state index contributed by atoms with van der Waals surface area (Å²) in [4.78, 5) is 10.5. The molecule has 1 aliphatic carbocycles. The first kappa shape index (κ1) is 13.0. The Morgan fingerprint density at radius 1 is 1.31 bits per heavy atom. The largest absolute Gasteiger partial charge is 0.499 e. The van der Waals surface area contributed by atoms with Crippen molar-refractivity contribution in [2.45, 2.75) is 50.7 Å². The molecule has 0 atom stereocenters. The second kappa shape index (κ2) is 7.28. The van der Waals surface area contributed by atoms with Gasteiger partial charge in [-0.05, 0) is 32.1 Å². The van der Waals surface area contributed by atoms with Crippen LogP contribution in [0.5, 0.6) is 0 Å². The Labute approximate surface area is 96.8 Å². The number of carbonyl (C=O) groups is 1. The lowest BCUT2D eigenvalue weighted by molar-refractivity contribution is -0.118. The summed E-state index contributed by atoms with van der Waals surface area (Å²) in [5, 5.41) is 0. The normalized spacial score (nSPS) is 25.0. The highest BCUT2D eigenvalue weighted by atomic mass is 16.5. The van der Waals surface area contributed by atoms with Crippen LogP contribution >= 0.6 is 0 Å². The van der Waals surface area contributed by atoms with Crippen LogP contribution in [0, 0.1) is 0 Å². The maximum Gasteiger partial charge on any atom is 0.217 e. The number of ether oxygens (including phenoxy) is 2. The number of nitrogens with two attached hydrogens (primary N) is 1. The van der Waals surface area contributed by atoms with Crippen molar-refractivity contribution in [3.8, 4) is 0 Å². The van der Waals surface area contributed by atoms with Gasteiger partial charge in [-0.2, -0.15) is 0 Å². The third-order valence-electron chi connectivity index (χ3n) is 2.83. The Morgan fingerprint density at radius 2 is 1.94 bits per heavy atom. The van der Waals surface area contributed by atoms with Crippen LogP contribution in [0.4, 0.5) is 0 Å². The molecule has 0 aromatic heterocycles.